The molecule has 0 aromatic heterocycles. The third kappa shape index (κ3) is 1.57. The monoisotopic (exact) mass is 282 g/mol. The van der Waals surface area contributed by atoms with Gasteiger partial charge in [-0.1, -0.05) is 13.8 Å². The first kappa shape index (κ1) is 13.5. The molecule has 0 aromatic rings. The van der Waals surface area contributed by atoms with Crippen LogP contribution in [0.15, 0.2) is 0 Å². The highest BCUT2D eigenvalue weighted by atomic mass is 17.3. The van der Waals surface area contributed by atoms with E-state index >= 15 is 0 Å². The lowest BCUT2D eigenvalue weighted by atomic mass is 9.57. The molecule has 4 aliphatic heterocycles. The first-order valence-electron chi connectivity index (χ1n) is 8.16. The van der Waals surface area contributed by atoms with Crippen LogP contribution in [-0.2, 0) is 19.2 Å². The Kier molecular flexibility index (Phi) is 2.83. The second-order valence-electron chi connectivity index (χ2n) is 7.61. The minimum absolute atomic E-state index is 0.219. The van der Waals surface area contributed by atoms with Gasteiger partial charge in [-0.2, -0.15) is 0 Å². The van der Waals surface area contributed by atoms with Crippen molar-refractivity contribution in [2.75, 3.05) is 0 Å². The average Bonchev–Trinajstić information content (AvgIpc) is 2.63. The highest BCUT2D eigenvalue weighted by Gasteiger charge is 2.68. The maximum atomic E-state index is 6.23. The Morgan fingerprint density at radius 2 is 1.75 bits per heavy atom. The SMILES string of the molecule is CC1O[C@@H]2O[C@@]3(C)CCC4[C@H](C)CCC([C@H]1C)[C@]42OO3. The Balaban J connectivity index is 1.82. The van der Waals surface area contributed by atoms with Crippen molar-refractivity contribution < 1.29 is 19.2 Å². The zero-order chi connectivity index (χ0) is 14.1. The molecule has 4 saturated heterocycles. The van der Waals surface area contributed by atoms with Crippen molar-refractivity contribution in [1.82, 2.24) is 0 Å². The van der Waals surface area contributed by atoms with E-state index in [1.54, 1.807) is 0 Å². The quantitative estimate of drug-likeness (QED) is 0.639. The van der Waals surface area contributed by atoms with Crippen molar-refractivity contribution in [3.8, 4) is 0 Å². The Bertz CT molecular complexity index is 409. The fourth-order valence-electron chi connectivity index (χ4n) is 5.08. The lowest BCUT2D eigenvalue weighted by Crippen LogP contribution is -2.70. The molecule has 5 aliphatic rings. The van der Waals surface area contributed by atoms with Gasteiger partial charge in [-0.15, -0.1) is 0 Å². The summed E-state index contributed by atoms with van der Waals surface area (Å²) in [6, 6.07) is 0. The molecule has 20 heavy (non-hydrogen) atoms. The predicted molar refractivity (Wildman–Crippen MR) is 72.5 cm³/mol. The first-order valence-corrected chi connectivity index (χ1v) is 8.16. The summed E-state index contributed by atoms with van der Waals surface area (Å²) >= 11 is 0. The molecule has 0 amide bonds. The second kappa shape index (κ2) is 4.19. The maximum Gasteiger partial charge on any atom is 0.201 e. The second-order valence-corrected chi connectivity index (χ2v) is 7.61. The van der Waals surface area contributed by atoms with Crippen molar-refractivity contribution in [3.05, 3.63) is 0 Å². The average molecular weight is 282 g/mol. The van der Waals surface area contributed by atoms with Crippen molar-refractivity contribution in [3.63, 3.8) is 0 Å². The van der Waals surface area contributed by atoms with Crippen LogP contribution in [0.5, 0.6) is 0 Å². The molecule has 4 heterocycles. The van der Waals surface area contributed by atoms with E-state index < -0.39 is 5.79 Å². The van der Waals surface area contributed by atoms with Gasteiger partial charge in [-0.05, 0) is 50.9 Å². The molecule has 5 rings (SSSR count). The van der Waals surface area contributed by atoms with E-state index in [0.29, 0.717) is 23.7 Å². The van der Waals surface area contributed by atoms with E-state index in [1.807, 2.05) is 6.92 Å². The number of hydrogen-bond donors (Lipinski definition) is 0. The van der Waals surface area contributed by atoms with Crippen molar-refractivity contribution >= 4 is 0 Å². The van der Waals surface area contributed by atoms with Gasteiger partial charge in [0.2, 0.25) is 5.79 Å². The zero-order valence-corrected chi connectivity index (χ0v) is 12.9. The first-order chi connectivity index (χ1) is 9.46. The van der Waals surface area contributed by atoms with E-state index in [1.165, 1.54) is 12.8 Å². The molecule has 0 radical (unpaired) electrons. The molecule has 4 nitrogen and oxygen atoms in total. The van der Waals surface area contributed by atoms with E-state index in [4.69, 9.17) is 19.2 Å². The molecule has 114 valence electrons. The minimum Gasteiger partial charge on any atom is -0.346 e. The van der Waals surface area contributed by atoms with Crippen LogP contribution in [0, 0.1) is 23.7 Å². The van der Waals surface area contributed by atoms with E-state index in [2.05, 4.69) is 20.8 Å². The van der Waals surface area contributed by atoms with Gasteiger partial charge in [-0.3, -0.25) is 0 Å². The Morgan fingerprint density at radius 1 is 0.950 bits per heavy atom. The van der Waals surface area contributed by atoms with E-state index in [-0.39, 0.29) is 18.0 Å². The Labute approximate surface area is 121 Å². The van der Waals surface area contributed by atoms with Crippen molar-refractivity contribution in [2.24, 2.45) is 23.7 Å². The molecule has 1 saturated carbocycles. The molecule has 0 aromatic carbocycles. The minimum atomic E-state index is -0.641. The standard InChI is InChI=1S/C16H26O4/c1-9-5-6-13-10(2)11(3)17-14-16(13)12(9)7-8-15(4,18-14)19-20-16/h9-14H,5-8H2,1-4H3/t9-,10+,11?,12?,13?,14-,15-,16-/m1/s1. The van der Waals surface area contributed by atoms with Crippen LogP contribution in [0.2, 0.25) is 0 Å². The van der Waals surface area contributed by atoms with Gasteiger partial charge in [0.1, 0.15) is 0 Å². The maximum absolute atomic E-state index is 6.23. The molecule has 4 heteroatoms. The number of hydrogen-bond acceptors (Lipinski definition) is 4. The van der Waals surface area contributed by atoms with Crippen LogP contribution in [0.3, 0.4) is 0 Å². The molecule has 3 unspecified atom stereocenters. The zero-order valence-electron chi connectivity index (χ0n) is 12.9. The number of ether oxygens (including phenoxy) is 2. The summed E-state index contributed by atoms with van der Waals surface area (Å²) in [6.07, 6.45) is 4.41. The van der Waals surface area contributed by atoms with Gasteiger partial charge in [0, 0.05) is 12.3 Å². The molecule has 5 fully saturated rings. The molecule has 8 atom stereocenters. The third-order valence-corrected chi connectivity index (χ3v) is 6.49. The topological polar surface area (TPSA) is 36.9 Å². The highest BCUT2D eigenvalue weighted by molar-refractivity contribution is 5.09. The molecular formula is C16H26O4. The summed E-state index contributed by atoms with van der Waals surface area (Å²) < 4.78 is 12.5. The predicted octanol–water partition coefficient (Wildman–Crippen LogP) is 3.26. The van der Waals surface area contributed by atoms with Crippen molar-refractivity contribution in [2.45, 2.75) is 77.2 Å². The number of fused-ring (bicyclic) bond motifs is 2. The Morgan fingerprint density at radius 3 is 2.55 bits per heavy atom. The molecule has 1 spiro atoms. The summed E-state index contributed by atoms with van der Waals surface area (Å²) in [4.78, 5) is 11.8. The van der Waals surface area contributed by atoms with Crippen LogP contribution < -0.4 is 0 Å². The highest BCUT2D eigenvalue weighted by Crippen LogP contribution is 2.60. The van der Waals surface area contributed by atoms with Crippen LogP contribution in [0.1, 0.15) is 53.4 Å². The Hall–Kier alpha value is -0.160. The smallest absolute Gasteiger partial charge is 0.201 e. The van der Waals surface area contributed by atoms with Crippen LogP contribution in [0.4, 0.5) is 0 Å². The van der Waals surface area contributed by atoms with Crippen molar-refractivity contribution in [1.29, 1.82) is 0 Å². The van der Waals surface area contributed by atoms with Gasteiger partial charge in [-0.25, -0.2) is 9.78 Å². The third-order valence-electron chi connectivity index (χ3n) is 6.49. The lowest BCUT2D eigenvalue weighted by molar-refractivity contribution is -0.570. The van der Waals surface area contributed by atoms with Gasteiger partial charge in [0.25, 0.3) is 0 Å². The summed E-state index contributed by atoms with van der Waals surface area (Å²) in [7, 11) is 0. The summed E-state index contributed by atoms with van der Waals surface area (Å²) in [6.45, 7) is 8.77. The molecular weight excluding hydrogens is 256 g/mol. The van der Waals surface area contributed by atoms with E-state index in [9.17, 15) is 0 Å². The largest absolute Gasteiger partial charge is 0.346 e. The molecule has 1 aliphatic carbocycles. The van der Waals surface area contributed by atoms with Gasteiger partial charge in [0.15, 0.2) is 11.9 Å². The van der Waals surface area contributed by atoms with E-state index in [0.717, 1.165) is 12.8 Å². The fourth-order valence-corrected chi connectivity index (χ4v) is 5.08. The van der Waals surface area contributed by atoms with Crippen LogP contribution in [0.25, 0.3) is 0 Å². The fraction of sp³-hybridized carbons (Fsp3) is 1.00. The molecule has 2 bridgehead atoms. The van der Waals surface area contributed by atoms with Gasteiger partial charge in [0.05, 0.1) is 6.10 Å². The summed E-state index contributed by atoms with van der Waals surface area (Å²) in [5, 5.41) is 0. The number of rotatable bonds is 0. The normalized spacial score (nSPS) is 61.8. The van der Waals surface area contributed by atoms with Crippen LogP contribution in [-0.4, -0.2) is 23.8 Å². The summed E-state index contributed by atoms with van der Waals surface area (Å²) in [5.41, 5.74) is -0.389. The lowest BCUT2D eigenvalue weighted by Gasteiger charge is -2.60. The molecule has 0 N–H and O–H groups in total. The van der Waals surface area contributed by atoms with Crippen LogP contribution >= 0.6 is 0 Å². The van der Waals surface area contributed by atoms with Gasteiger partial charge < -0.3 is 9.47 Å². The summed E-state index contributed by atoms with van der Waals surface area (Å²) in [5.74, 6) is 1.44. The van der Waals surface area contributed by atoms with Gasteiger partial charge >= 0.3 is 0 Å².